The van der Waals surface area contributed by atoms with Crippen LogP contribution in [0.5, 0.6) is 0 Å². The largest absolute Gasteiger partial charge is 0.440 e. The lowest BCUT2D eigenvalue weighted by atomic mass is 10.1. The summed E-state index contributed by atoms with van der Waals surface area (Å²) in [5.74, 6) is 1.04. The van der Waals surface area contributed by atoms with Crippen LogP contribution in [-0.4, -0.2) is 57.4 Å². The van der Waals surface area contributed by atoms with Crippen molar-refractivity contribution in [2.24, 2.45) is 0 Å². The number of aromatic nitrogens is 2. The van der Waals surface area contributed by atoms with Gasteiger partial charge in [0.05, 0.1) is 12.0 Å². The highest BCUT2D eigenvalue weighted by atomic mass is 35.5. The van der Waals surface area contributed by atoms with Gasteiger partial charge in [0.25, 0.3) is 5.91 Å². The Morgan fingerprint density at radius 2 is 2.12 bits per heavy atom. The van der Waals surface area contributed by atoms with Crippen molar-refractivity contribution < 1.29 is 18.5 Å². The maximum atomic E-state index is 12.2. The van der Waals surface area contributed by atoms with E-state index in [1.165, 1.54) is 6.07 Å². The molecular formula is C15H15ClN4O4. The van der Waals surface area contributed by atoms with E-state index in [4.69, 9.17) is 20.5 Å². The van der Waals surface area contributed by atoms with Gasteiger partial charge in [-0.1, -0.05) is 5.16 Å². The molecule has 1 unspecified atom stereocenters. The molecule has 2 aliphatic rings. The minimum absolute atomic E-state index is 0.0147. The Morgan fingerprint density at radius 1 is 1.33 bits per heavy atom. The topological polar surface area (TPSA) is 92.7 Å². The zero-order valence-corrected chi connectivity index (χ0v) is 13.7. The molecule has 0 radical (unpaired) electrons. The molecule has 126 valence electrons. The minimum atomic E-state index is -0.214. The van der Waals surface area contributed by atoms with E-state index in [1.54, 1.807) is 22.8 Å². The van der Waals surface area contributed by atoms with Crippen LogP contribution < -0.4 is 0 Å². The Balaban J connectivity index is 1.37. The van der Waals surface area contributed by atoms with Crippen molar-refractivity contribution in [2.75, 3.05) is 19.6 Å². The third kappa shape index (κ3) is 2.56. The summed E-state index contributed by atoms with van der Waals surface area (Å²) in [6.07, 6.45) is 0.361. The number of furan rings is 1. The van der Waals surface area contributed by atoms with Gasteiger partial charge in [-0.2, -0.15) is 4.98 Å². The molecule has 8 nitrogen and oxygen atoms in total. The molecule has 0 N–H and O–H groups in total. The fourth-order valence-corrected chi connectivity index (χ4v) is 3.28. The van der Waals surface area contributed by atoms with Crippen molar-refractivity contribution in [3.63, 3.8) is 0 Å². The smallest absolute Gasteiger partial charge is 0.289 e. The summed E-state index contributed by atoms with van der Waals surface area (Å²) in [5, 5.41) is 3.95. The standard InChI is InChI=1S/C15H15ClN4O4/c1-8-17-14(24-18-8)9-4-13(21)20(5-9)10-6-19(7-10)15(22)11-2-3-12(16)23-11/h2-3,9-10H,4-7H2,1H3. The van der Waals surface area contributed by atoms with E-state index >= 15 is 0 Å². The highest BCUT2D eigenvalue weighted by Crippen LogP contribution is 2.31. The molecule has 0 bridgehead atoms. The van der Waals surface area contributed by atoms with E-state index < -0.39 is 0 Å². The average molecular weight is 351 g/mol. The van der Waals surface area contributed by atoms with E-state index in [1.807, 2.05) is 0 Å². The molecule has 2 amide bonds. The molecule has 0 aromatic carbocycles. The third-order valence-electron chi connectivity index (χ3n) is 4.43. The van der Waals surface area contributed by atoms with Gasteiger partial charge in [-0.3, -0.25) is 9.59 Å². The van der Waals surface area contributed by atoms with Gasteiger partial charge in [-0.25, -0.2) is 0 Å². The van der Waals surface area contributed by atoms with Gasteiger partial charge in [-0.05, 0) is 30.7 Å². The lowest BCUT2D eigenvalue weighted by Gasteiger charge is -2.43. The van der Waals surface area contributed by atoms with Crippen LogP contribution in [0.3, 0.4) is 0 Å². The first-order valence-corrected chi connectivity index (χ1v) is 8.03. The summed E-state index contributed by atoms with van der Waals surface area (Å²) in [5.41, 5.74) is 0. The normalized spacial score (nSPS) is 21.4. The second kappa shape index (κ2) is 5.62. The SMILES string of the molecule is Cc1noc(C2CC(=O)N(C3CN(C(=O)c4ccc(Cl)o4)C3)C2)n1. The van der Waals surface area contributed by atoms with E-state index in [0.717, 1.165) is 0 Å². The average Bonchev–Trinajstić information content (AvgIpc) is 3.19. The minimum Gasteiger partial charge on any atom is -0.440 e. The molecule has 0 saturated carbocycles. The van der Waals surface area contributed by atoms with Gasteiger partial charge in [0.1, 0.15) is 0 Å². The van der Waals surface area contributed by atoms with Crippen molar-refractivity contribution in [1.82, 2.24) is 19.9 Å². The fraction of sp³-hybridized carbons (Fsp3) is 0.467. The summed E-state index contributed by atoms with van der Waals surface area (Å²) in [6, 6.07) is 3.10. The second-order valence-corrected chi connectivity index (χ2v) is 6.47. The van der Waals surface area contributed by atoms with Crippen LogP contribution in [0.2, 0.25) is 5.22 Å². The van der Waals surface area contributed by atoms with Crippen molar-refractivity contribution >= 4 is 23.4 Å². The number of hydrogen-bond donors (Lipinski definition) is 0. The lowest BCUT2D eigenvalue weighted by Crippen LogP contribution is -2.61. The molecule has 2 aromatic heterocycles. The molecule has 4 heterocycles. The summed E-state index contributed by atoms with van der Waals surface area (Å²) in [7, 11) is 0. The summed E-state index contributed by atoms with van der Waals surface area (Å²) in [6.45, 7) is 3.26. The van der Waals surface area contributed by atoms with E-state index in [9.17, 15) is 9.59 Å². The molecule has 24 heavy (non-hydrogen) atoms. The predicted molar refractivity (Wildman–Crippen MR) is 81.5 cm³/mol. The first kappa shape index (κ1) is 15.2. The Hall–Kier alpha value is -2.35. The van der Waals surface area contributed by atoms with Crippen LogP contribution in [0.1, 0.15) is 34.6 Å². The summed E-state index contributed by atoms with van der Waals surface area (Å²) < 4.78 is 10.3. The maximum absolute atomic E-state index is 12.2. The monoisotopic (exact) mass is 350 g/mol. The fourth-order valence-electron chi connectivity index (χ4n) is 3.13. The number of likely N-dealkylation sites (tertiary alicyclic amines) is 2. The molecule has 2 saturated heterocycles. The number of carbonyl (C=O) groups is 2. The van der Waals surface area contributed by atoms with Crippen molar-refractivity contribution in [3.8, 4) is 0 Å². The number of aryl methyl sites for hydroxylation is 1. The van der Waals surface area contributed by atoms with Crippen LogP contribution in [0.4, 0.5) is 0 Å². The second-order valence-electron chi connectivity index (χ2n) is 6.09. The third-order valence-corrected chi connectivity index (χ3v) is 4.63. The van der Waals surface area contributed by atoms with Crippen molar-refractivity contribution in [2.45, 2.75) is 25.3 Å². The van der Waals surface area contributed by atoms with E-state index in [2.05, 4.69) is 10.1 Å². The number of nitrogens with zero attached hydrogens (tertiary/aromatic N) is 4. The molecule has 2 aliphatic heterocycles. The summed E-state index contributed by atoms with van der Waals surface area (Å²) in [4.78, 5) is 32.1. The molecule has 2 aromatic rings. The zero-order valence-electron chi connectivity index (χ0n) is 12.9. The number of amides is 2. The summed E-state index contributed by atoms with van der Waals surface area (Å²) >= 11 is 5.69. The first-order chi connectivity index (χ1) is 11.5. The quantitative estimate of drug-likeness (QED) is 0.832. The van der Waals surface area contributed by atoms with Crippen LogP contribution in [-0.2, 0) is 4.79 Å². The van der Waals surface area contributed by atoms with Crippen LogP contribution in [0.15, 0.2) is 21.1 Å². The number of halogens is 1. The van der Waals surface area contributed by atoms with E-state index in [0.29, 0.717) is 37.8 Å². The predicted octanol–water partition coefficient (Wildman–Crippen LogP) is 1.46. The molecule has 0 aliphatic carbocycles. The van der Waals surface area contributed by atoms with Gasteiger partial charge < -0.3 is 18.7 Å². The van der Waals surface area contributed by atoms with Crippen LogP contribution in [0.25, 0.3) is 0 Å². The highest BCUT2D eigenvalue weighted by molar-refractivity contribution is 6.29. The zero-order chi connectivity index (χ0) is 16.8. The molecule has 2 fully saturated rings. The van der Waals surface area contributed by atoms with Crippen molar-refractivity contribution in [1.29, 1.82) is 0 Å². The maximum Gasteiger partial charge on any atom is 0.289 e. The first-order valence-electron chi connectivity index (χ1n) is 7.65. The number of carbonyl (C=O) groups excluding carboxylic acids is 2. The van der Waals surface area contributed by atoms with Gasteiger partial charge in [0, 0.05) is 26.1 Å². The Morgan fingerprint density at radius 3 is 2.75 bits per heavy atom. The number of hydrogen-bond acceptors (Lipinski definition) is 6. The molecule has 0 spiro atoms. The van der Waals surface area contributed by atoms with Crippen LogP contribution >= 0.6 is 11.6 Å². The lowest BCUT2D eigenvalue weighted by molar-refractivity contribution is -0.132. The van der Waals surface area contributed by atoms with Gasteiger partial charge >= 0.3 is 0 Å². The highest BCUT2D eigenvalue weighted by Gasteiger charge is 2.43. The Labute approximate surface area is 142 Å². The molecule has 4 rings (SSSR count). The van der Waals surface area contributed by atoms with Gasteiger partial charge in [0.2, 0.25) is 11.8 Å². The van der Waals surface area contributed by atoms with Crippen LogP contribution in [0, 0.1) is 6.92 Å². The molecule has 1 atom stereocenters. The van der Waals surface area contributed by atoms with Gasteiger partial charge in [-0.15, -0.1) is 0 Å². The Bertz CT molecular complexity index is 795. The van der Waals surface area contributed by atoms with Crippen molar-refractivity contribution in [3.05, 3.63) is 34.8 Å². The Kier molecular flexibility index (Phi) is 3.56. The van der Waals surface area contributed by atoms with E-state index in [-0.39, 0.29) is 34.8 Å². The van der Waals surface area contributed by atoms with Gasteiger partial charge in [0.15, 0.2) is 16.8 Å². The number of rotatable bonds is 3. The molecular weight excluding hydrogens is 336 g/mol. The molecule has 9 heteroatoms.